The average Bonchev–Trinajstić information content (AvgIpc) is 2.38. The van der Waals surface area contributed by atoms with Gasteiger partial charge in [-0.05, 0) is 19.1 Å². The summed E-state index contributed by atoms with van der Waals surface area (Å²) in [5, 5.41) is 11.1. The van der Waals surface area contributed by atoms with E-state index in [1.807, 2.05) is 0 Å². The predicted octanol–water partition coefficient (Wildman–Crippen LogP) is 1.17. The van der Waals surface area contributed by atoms with Crippen LogP contribution < -0.4 is 5.73 Å². The number of carbonyl (C=O) groups excluding carboxylic acids is 1. The van der Waals surface area contributed by atoms with Crippen molar-refractivity contribution in [2.75, 3.05) is 13.1 Å². The van der Waals surface area contributed by atoms with Crippen molar-refractivity contribution in [2.45, 2.75) is 6.92 Å². The molecule has 0 aromatic heterocycles. The molecule has 0 bridgehead atoms. The lowest BCUT2D eigenvalue weighted by molar-refractivity contribution is 0.0780. The maximum Gasteiger partial charge on any atom is 0.257 e. The Morgan fingerprint density at radius 2 is 2.17 bits per heavy atom. The van der Waals surface area contributed by atoms with E-state index < -0.39 is 17.5 Å². The smallest absolute Gasteiger partial charge is 0.257 e. The number of rotatable bonds is 4. The molecule has 0 aliphatic heterocycles. The second-order valence-corrected chi connectivity index (χ2v) is 3.51. The highest BCUT2D eigenvalue weighted by Gasteiger charge is 2.20. The van der Waals surface area contributed by atoms with Crippen molar-refractivity contribution >= 4 is 11.7 Å². The van der Waals surface area contributed by atoms with Gasteiger partial charge in [-0.3, -0.25) is 4.79 Å². The van der Waals surface area contributed by atoms with Crippen LogP contribution in [0.5, 0.6) is 0 Å². The van der Waals surface area contributed by atoms with Crippen LogP contribution in [0.25, 0.3) is 0 Å². The van der Waals surface area contributed by atoms with E-state index in [1.54, 1.807) is 6.92 Å². The molecule has 0 fully saturated rings. The van der Waals surface area contributed by atoms with Crippen LogP contribution in [0.15, 0.2) is 23.4 Å². The fourth-order valence-corrected chi connectivity index (χ4v) is 1.39. The fraction of sp³-hybridized carbons (Fsp3) is 0.273. The molecule has 98 valence electrons. The van der Waals surface area contributed by atoms with Crippen molar-refractivity contribution in [3.05, 3.63) is 35.4 Å². The molecular weight excluding hydrogens is 244 g/mol. The van der Waals surface area contributed by atoms with E-state index in [9.17, 15) is 13.6 Å². The Kier molecular flexibility index (Phi) is 4.59. The molecule has 0 atom stereocenters. The number of amidine groups is 1. The SMILES string of the molecule is CCN(CC(N)=NO)C(=O)c1cccc(F)c1F. The summed E-state index contributed by atoms with van der Waals surface area (Å²) in [4.78, 5) is 13.1. The van der Waals surface area contributed by atoms with E-state index in [4.69, 9.17) is 10.9 Å². The van der Waals surface area contributed by atoms with E-state index in [1.165, 1.54) is 12.1 Å². The third-order valence-corrected chi connectivity index (χ3v) is 2.33. The van der Waals surface area contributed by atoms with E-state index >= 15 is 0 Å². The molecule has 1 aromatic rings. The lowest BCUT2D eigenvalue weighted by Gasteiger charge is -2.20. The van der Waals surface area contributed by atoms with Gasteiger partial charge >= 0.3 is 0 Å². The molecule has 0 saturated heterocycles. The first kappa shape index (κ1) is 13.9. The number of likely N-dealkylation sites (N-methyl/N-ethyl adjacent to an activating group) is 1. The molecule has 7 heteroatoms. The molecule has 0 spiro atoms. The molecule has 0 aliphatic carbocycles. The van der Waals surface area contributed by atoms with Crippen molar-refractivity contribution in [1.29, 1.82) is 0 Å². The topological polar surface area (TPSA) is 78.9 Å². The van der Waals surface area contributed by atoms with Crippen LogP contribution in [0.3, 0.4) is 0 Å². The van der Waals surface area contributed by atoms with Gasteiger partial charge in [0.15, 0.2) is 17.5 Å². The zero-order chi connectivity index (χ0) is 13.7. The third-order valence-electron chi connectivity index (χ3n) is 2.33. The average molecular weight is 257 g/mol. The molecule has 18 heavy (non-hydrogen) atoms. The minimum atomic E-state index is -1.21. The molecule has 1 aromatic carbocycles. The van der Waals surface area contributed by atoms with E-state index in [2.05, 4.69) is 5.16 Å². The van der Waals surface area contributed by atoms with Gasteiger partial charge in [0.05, 0.1) is 12.1 Å². The van der Waals surface area contributed by atoms with Gasteiger partial charge in [0.2, 0.25) is 0 Å². The molecule has 0 saturated carbocycles. The predicted molar refractivity (Wildman–Crippen MR) is 61.3 cm³/mol. The van der Waals surface area contributed by atoms with Gasteiger partial charge in [0.1, 0.15) is 0 Å². The van der Waals surface area contributed by atoms with Gasteiger partial charge < -0.3 is 15.8 Å². The monoisotopic (exact) mass is 257 g/mol. The summed E-state index contributed by atoms with van der Waals surface area (Å²) >= 11 is 0. The molecule has 1 rings (SSSR count). The fourth-order valence-electron chi connectivity index (χ4n) is 1.39. The van der Waals surface area contributed by atoms with Gasteiger partial charge in [0, 0.05) is 6.54 Å². The van der Waals surface area contributed by atoms with Gasteiger partial charge in [-0.1, -0.05) is 11.2 Å². The Labute approximate surface area is 102 Å². The largest absolute Gasteiger partial charge is 0.409 e. The summed E-state index contributed by atoms with van der Waals surface area (Å²) in [5.41, 5.74) is 4.89. The molecule has 0 radical (unpaired) electrons. The summed E-state index contributed by atoms with van der Waals surface area (Å²) in [7, 11) is 0. The second-order valence-electron chi connectivity index (χ2n) is 3.51. The lowest BCUT2D eigenvalue weighted by atomic mass is 10.1. The first-order chi connectivity index (χ1) is 8.51. The molecule has 0 unspecified atom stereocenters. The summed E-state index contributed by atoms with van der Waals surface area (Å²) in [6.45, 7) is 1.69. The number of benzene rings is 1. The third kappa shape index (κ3) is 2.93. The van der Waals surface area contributed by atoms with Crippen molar-refractivity contribution < 1.29 is 18.8 Å². The maximum atomic E-state index is 13.4. The van der Waals surface area contributed by atoms with Crippen LogP contribution in [0.4, 0.5) is 8.78 Å². The Morgan fingerprint density at radius 3 is 2.72 bits per heavy atom. The van der Waals surface area contributed by atoms with Gasteiger partial charge in [0.25, 0.3) is 5.91 Å². The second kappa shape index (κ2) is 5.95. The minimum absolute atomic E-state index is 0.165. The molecular formula is C11H13F2N3O2. The Morgan fingerprint density at radius 1 is 1.50 bits per heavy atom. The maximum absolute atomic E-state index is 13.4. The number of oxime groups is 1. The van der Waals surface area contributed by atoms with E-state index in [0.717, 1.165) is 11.0 Å². The molecule has 3 N–H and O–H groups in total. The van der Waals surface area contributed by atoms with E-state index in [0.29, 0.717) is 0 Å². The number of halogens is 2. The number of nitrogens with two attached hydrogens (primary N) is 1. The number of carbonyl (C=O) groups is 1. The van der Waals surface area contributed by atoms with Crippen LogP contribution in [-0.2, 0) is 0 Å². The minimum Gasteiger partial charge on any atom is -0.409 e. The zero-order valence-electron chi connectivity index (χ0n) is 9.73. The van der Waals surface area contributed by atoms with Crippen molar-refractivity contribution in [3.8, 4) is 0 Å². The van der Waals surface area contributed by atoms with Crippen molar-refractivity contribution in [2.24, 2.45) is 10.9 Å². The highest BCUT2D eigenvalue weighted by molar-refractivity contribution is 5.97. The number of amides is 1. The lowest BCUT2D eigenvalue weighted by Crippen LogP contribution is -2.38. The van der Waals surface area contributed by atoms with E-state index in [-0.39, 0.29) is 24.5 Å². The normalized spacial score (nSPS) is 11.4. The van der Waals surface area contributed by atoms with Gasteiger partial charge in [-0.2, -0.15) is 0 Å². The molecule has 5 nitrogen and oxygen atoms in total. The Balaban J connectivity index is 3.00. The highest BCUT2D eigenvalue weighted by atomic mass is 19.2. The van der Waals surface area contributed by atoms with Gasteiger partial charge in [-0.25, -0.2) is 8.78 Å². The number of hydrogen-bond donors (Lipinski definition) is 2. The van der Waals surface area contributed by atoms with Crippen LogP contribution >= 0.6 is 0 Å². The van der Waals surface area contributed by atoms with Gasteiger partial charge in [-0.15, -0.1) is 0 Å². The van der Waals surface area contributed by atoms with Crippen molar-refractivity contribution in [1.82, 2.24) is 4.90 Å². The highest BCUT2D eigenvalue weighted by Crippen LogP contribution is 2.13. The van der Waals surface area contributed by atoms with Crippen LogP contribution in [-0.4, -0.2) is 34.9 Å². The molecule has 1 amide bonds. The van der Waals surface area contributed by atoms with Crippen LogP contribution in [0, 0.1) is 11.6 Å². The first-order valence-corrected chi connectivity index (χ1v) is 5.21. The van der Waals surface area contributed by atoms with Crippen LogP contribution in [0.1, 0.15) is 17.3 Å². The Hall–Kier alpha value is -2.18. The number of hydrogen-bond acceptors (Lipinski definition) is 3. The number of nitrogens with zero attached hydrogens (tertiary/aromatic N) is 2. The zero-order valence-corrected chi connectivity index (χ0v) is 9.73. The summed E-state index contributed by atoms with van der Waals surface area (Å²) in [6.07, 6.45) is 0. The quantitative estimate of drug-likeness (QED) is 0.368. The first-order valence-electron chi connectivity index (χ1n) is 5.21. The molecule has 0 heterocycles. The Bertz CT molecular complexity index is 477. The standard InChI is InChI=1S/C11H13F2N3O2/c1-2-16(6-9(14)15-18)11(17)7-4-3-5-8(12)10(7)13/h3-5,18H,2,6H2,1H3,(H2,14,15). The summed E-state index contributed by atoms with van der Waals surface area (Å²) in [5.74, 6) is -3.22. The molecule has 0 aliphatic rings. The summed E-state index contributed by atoms with van der Waals surface area (Å²) < 4.78 is 26.4. The van der Waals surface area contributed by atoms with Crippen LogP contribution in [0.2, 0.25) is 0 Å². The summed E-state index contributed by atoms with van der Waals surface area (Å²) in [6, 6.07) is 3.34. The van der Waals surface area contributed by atoms with Crippen molar-refractivity contribution in [3.63, 3.8) is 0 Å².